The number of rotatable bonds is 4. The summed E-state index contributed by atoms with van der Waals surface area (Å²) >= 11 is 0. The van der Waals surface area contributed by atoms with E-state index in [2.05, 4.69) is 45.4 Å². The van der Waals surface area contributed by atoms with Crippen LogP contribution in [0.5, 0.6) is 0 Å². The first-order valence-electron chi connectivity index (χ1n) is 9.17. The molecule has 2 aliphatic heterocycles. The Labute approximate surface area is 145 Å². The van der Waals surface area contributed by atoms with Crippen LogP contribution >= 0.6 is 0 Å². The number of piperazine rings is 1. The molecule has 0 aliphatic carbocycles. The predicted octanol–water partition coefficient (Wildman–Crippen LogP) is 2.00. The van der Waals surface area contributed by atoms with E-state index in [1.807, 2.05) is 18.7 Å². The SMILES string of the molecule is CC(C)NC(=O)N1CCN(C2CCN(Cc3ccccc3)C2)CC1. The Bertz CT molecular complexity index is 525. The van der Waals surface area contributed by atoms with E-state index >= 15 is 0 Å². The van der Waals surface area contributed by atoms with Gasteiger partial charge in [-0.15, -0.1) is 0 Å². The lowest BCUT2D eigenvalue weighted by molar-refractivity contribution is 0.108. The monoisotopic (exact) mass is 330 g/mol. The number of benzene rings is 1. The Kier molecular flexibility index (Phi) is 5.74. The van der Waals surface area contributed by atoms with Crippen molar-refractivity contribution in [2.45, 2.75) is 38.9 Å². The number of amides is 2. The number of nitrogens with zero attached hydrogens (tertiary/aromatic N) is 3. The molecule has 0 aromatic heterocycles. The minimum atomic E-state index is 0.0850. The lowest BCUT2D eigenvalue weighted by Crippen LogP contribution is -2.55. The molecule has 1 aromatic carbocycles. The maximum absolute atomic E-state index is 12.1. The molecule has 2 saturated heterocycles. The molecule has 1 aromatic rings. The molecule has 2 fully saturated rings. The molecule has 1 atom stereocenters. The van der Waals surface area contributed by atoms with Gasteiger partial charge in [0, 0.05) is 57.9 Å². The molecule has 0 radical (unpaired) electrons. The molecule has 24 heavy (non-hydrogen) atoms. The molecule has 0 spiro atoms. The highest BCUT2D eigenvalue weighted by atomic mass is 16.2. The van der Waals surface area contributed by atoms with Crippen LogP contribution < -0.4 is 5.32 Å². The predicted molar refractivity (Wildman–Crippen MR) is 96.9 cm³/mol. The number of nitrogens with one attached hydrogen (secondary N) is 1. The zero-order valence-electron chi connectivity index (χ0n) is 14.9. The number of urea groups is 1. The van der Waals surface area contributed by atoms with Crippen LogP contribution in [-0.4, -0.2) is 72.1 Å². The Morgan fingerprint density at radius 1 is 1.12 bits per heavy atom. The molecule has 0 bridgehead atoms. The van der Waals surface area contributed by atoms with Gasteiger partial charge in [0.15, 0.2) is 0 Å². The van der Waals surface area contributed by atoms with Gasteiger partial charge in [-0.3, -0.25) is 9.80 Å². The van der Waals surface area contributed by atoms with Crippen LogP contribution in [0, 0.1) is 0 Å². The van der Waals surface area contributed by atoms with Crippen molar-refractivity contribution in [1.29, 1.82) is 0 Å². The van der Waals surface area contributed by atoms with Crippen LogP contribution in [0.1, 0.15) is 25.8 Å². The van der Waals surface area contributed by atoms with E-state index in [0.717, 1.165) is 39.3 Å². The van der Waals surface area contributed by atoms with Gasteiger partial charge in [-0.25, -0.2) is 4.79 Å². The Hall–Kier alpha value is -1.59. The minimum absolute atomic E-state index is 0.0850. The van der Waals surface area contributed by atoms with E-state index in [0.29, 0.717) is 6.04 Å². The van der Waals surface area contributed by atoms with Gasteiger partial charge in [0.25, 0.3) is 0 Å². The zero-order valence-corrected chi connectivity index (χ0v) is 14.9. The second-order valence-corrected chi connectivity index (χ2v) is 7.29. The van der Waals surface area contributed by atoms with Crippen molar-refractivity contribution in [3.63, 3.8) is 0 Å². The van der Waals surface area contributed by atoms with E-state index in [4.69, 9.17) is 0 Å². The van der Waals surface area contributed by atoms with Gasteiger partial charge < -0.3 is 10.2 Å². The minimum Gasteiger partial charge on any atom is -0.336 e. The molecular weight excluding hydrogens is 300 g/mol. The molecule has 5 nitrogen and oxygen atoms in total. The van der Waals surface area contributed by atoms with Crippen molar-refractivity contribution in [2.75, 3.05) is 39.3 Å². The quantitative estimate of drug-likeness (QED) is 0.918. The highest BCUT2D eigenvalue weighted by Gasteiger charge is 2.30. The van der Waals surface area contributed by atoms with Gasteiger partial charge in [0.2, 0.25) is 0 Å². The largest absolute Gasteiger partial charge is 0.336 e. The summed E-state index contributed by atoms with van der Waals surface area (Å²) in [5.74, 6) is 0. The second kappa shape index (κ2) is 7.99. The highest BCUT2D eigenvalue weighted by Crippen LogP contribution is 2.19. The lowest BCUT2D eigenvalue weighted by Gasteiger charge is -2.38. The van der Waals surface area contributed by atoms with Gasteiger partial charge in [0.05, 0.1) is 0 Å². The fourth-order valence-corrected chi connectivity index (χ4v) is 3.72. The molecule has 2 aliphatic rings. The third-order valence-corrected chi connectivity index (χ3v) is 5.03. The van der Waals surface area contributed by atoms with Crippen LogP contribution in [0.3, 0.4) is 0 Å². The van der Waals surface area contributed by atoms with E-state index in [1.165, 1.54) is 18.5 Å². The molecule has 2 heterocycles. The summed E-state index contributed by atoms with van der Waals surface area (Å²) < 4.78 is 0. The topological polar surface area (TPSA) is 38.8 Å². The van der Waals surface area contributed by atoms with Crippen LogP contribution in [0.25, 0.3) is 0 Å². The van der Waals surface area contributed by atoms with E-state index in [9.17, 15) is 4.79 Å². The Morgan fingerprint density at radius 2 is 1.83 bits per heavy atom. The number of hydrogen-bond acceptors (Lipinski definition) is 3. The summed E-state index contributed by atoms with van der Waals surface area (Å²) in [5, 5.41) is 2.99. The normalized spacial score (nSPS) is 23.0. The summed E-state index contributed by atoms with van der Waals surface area (Å²) in [7, 11) is 0. The van der Waals surface area contributed by atoms with Crippen LogP contribution in [0.4, 0.5) is 4.79 Å². The van der Waals surface area contributed by atoms with Gasteiger partial charge in [0.1, 0.15) is 0 Å². The summed E-state index contributed by atoms with van der Waals surface area (Å²) in [6.45, 7) is 11.1. The number of likely N-dealkylation sites (tertiary alicyclic amines) is 1. The van der Waals surface area contributed by atoms with Gasteiger partial charge in [-0.05, 0) is 25.8 Å². The fraction of sp³-hybridized carbons (Fsp3) is 0.632. The zero-order chi connectivity index (χ0) is 16.9. The summed E-state index contributed by atoms with van der Waals surface area (Å²) in [5.41, 5.74) is 1.40. The molecule has 3 rings (SSSR count). The lowest BCUT2D eigenvalue weighted by atomic mass is 10.2. The third kappa shape index (κ3) is 4.48. The van der Waals surface area contributed by atoms with Gasteiger partial charge >= 0.3 is 6.03 Å². The van der Waals surface area contributed by atoms with E-state index in [-0.39, 0.29) is 12.1 Å². The van der Waals surface area contributed by atoms with Gasteiger partial charge in [-0.1, -0.05) is 30.3 Å². The van der Waals surface area contributed by atoms with Crippen molar-refractivity contribution in [2.24, 2.45) is 0 Å². The number of hydrogen-bond donors (Lipinski definition) is 1. The standard InChI is InChI=1S/C19H30N4O/c1-16(2)20-19(24)23-12-10-22(11-13-23)18-8-9-21(15-18)14-17-6-4-3-5-7-17/h3-7,16,18H,8-15H2,1-2H3,(H,20,24). The summed E-state index contributed by atoms with van der Waals surface area (Å²) in [6.07, 6.45) is 1.24. The van der Waals surface area contributed by atoms with Crippen molar-refractivity contribution in [3.8, 4) is 0 Å². The van der Waals surface area contributed by atoms with Gasteiger partial charge in [-0.2, -0.15) is 0 Å². The maximum Gasteiger partial charge on any atom is 0.317 e. The summed E-state index contributed by atoms with van der Waals surface area (Å²) in [4.78, 5) is 19.2. The average Bonchev–Trinajstić information content (AvgIpc) is 3.04. The Balaban J connectivity index is 1.43. The molecular formula is C19H30N4O. The van der Waals surface area contributed by atoms with Crippen molar-refractivity contribution in [3.05, 3.63) is 35.9 Å². The molecule has 132 valence electrons. The smallest absolute Gasteiger partial charge is 0.317 e. The Morgan fingerprint density at radius 3 is 2.50 bits per heavy atom. The van der Waals surface area contributed by atoms with Crippen LogP contribution in [-0.2, 0) is 6.54 Å². The van der Waals surface area contributed by atoms with Crippen molar-refractivity contribution < 1.29 is 4.79 Å². The first kappa shape index (κ1) is 17.2. The van der Waals surface area contributed by atoms with Crippen LogP contribution in [0.15, 0.2) is 30.3 Å². The van der Waals surface area contributed by atoms with E-state index in [1.54, 1.807) is 0 Å². The number of carbonyl (C=O) groups is 1. The number of carbonyl (C=O) groups excluding carboxylic acids is 1. The second-order valence-electron chi connectivity index (χ2n) is 7.29. The molecule has 2 amide bonds. The summed E-state index contributed by atoms with van der Waals surface area (Å²) in [6, 6.07) is 11.7. The first-order valence-corrected chi connectivity index (χ1v) is 9.17. The molecule has 1 unspecified atom stereocenters. The van der Waals surface area contributed by atoms with Crippen LogP contribution in [0.2, 0.25) is 0 Å². The average molecular weight is 330 g/mol. The highest BCUT2D eigenvalue weighted by molar-refractivity contribution is 5.74. The van der Waals surface area contributed by atoms with Crippen molar-refractivity contribution >= 4 is 6.03 Å². The molecule has 0 saturated carbocycles. The third-order valence-electron chi connectivity index (χ3n) is 5.03. The molecule has 5 heteroatoms. The first-order chi connectivity index (χ1) is 11.6. The van der Waals surface area contributed by atoms with Crippen molar-refractivity contribution in [1.82, 2.24) is 20.0 Å². The maximum atomic E-state index is 12.1. The van der Waals surface area contributed by atoms with E-state index < -0.39 is 0 Å². The molecule has 1 N–H and O–H groups in total. The fourth-order valence-electron chi connectivity index (χ4n) is 3.72.